The molecule has 26 heavy (non-hydrogen) atoms. The van der Waals surface area contributed by atoms with Gasteiger partial charge in [-0.25, -0.2) is 0 Å². The summed E-state index contributed by atoms with van der Waals surface area (Å²) in [4.78, 5) is 0. The first-order valence-electron chi connectivity index (χ1n) is 10.9. The first kappa shape index (κ1) is 21.4. The minimum atomic E-state index is -0.321. The molecule has 0 aliphatic heterocycles. The van der Waals surface area contributed by atoms with E-state index in [1.165, 1.54) is 37.7 Å². The van der Waals surface area contributed by atoms with E-state index in [2.05, 4.69) is 44.7 Å². The first-order chi connectivity index (χ1) is 12.5. The zero-order valence-electron chi connectivity index (χ0n) is 17.0. The van der Waals surface area contributed by atoms with Crippen molar-refractivity contribution in [2.24, 2.45) is 17.3 Å². The standard InChI is InChI=1S/C24H40O2/c1-4-6-7-8-9-12-20-19(3)18-22(25)21(20)13-10-14-23(26)24(15-5-2)16-11-17-24/h8-10,13,20-23,25-26H,3-7,11-12,14-18H2,1-2H3/b9-8-,13-10+/t20-,21+,22+,23?/m0/s1. The molecule has 1 unspecified atom stereocenters. The number of rotatable bonds is 11. The molecule has 2 saturated carbocycles. The normalized spacial score (nSPS) is 29.5. The van der Waals surface area contributed by atoms with E-state index in [0.717, 1.165) is 32.1 Å². The molecule has 2 fully saturated rings. The fourth-order valence-corrected chi connectivity index (χ4v) is 4.86. The van der Waals surface area contributed by atoms with Gasteiger partial charge >= 0.3 is 0 Å². The van der Waals surface area contributed by atoms with Gasteiger partial charge in [-0.2, -0.15) is 0 Å². The lowest BCUT2D eigenvalue weighted by Crippen LogP contribution is -2.41. The van der Waals surface area contributed by atoms with Crippen LogP contribution in [-0.4, -0.2) is 22.4 Å². The molecular formula is C24H40O2. The van der Waals surface area contributed by atoms with Crippen molar-refractivity contribution in [3.05, 3.63) is 36.5 Å². The molecule has 0 bridgehead atoms. The molecule has 0 spiro atoms. The maximum absolute atomic E-state index is 10.7. The molecule has 2 aliphatic rings. The third-order valence-corrected chi connectivity index (χ3v) is 6.71. The Morgan fingerprint density at radius 2 is 1.96 bits per heavy atom. The number of hydrogen-bond acceptors (Lipinski definition) is 2. The van der Waals surface area contributed by atoms with Crippen LogP contribution in [0, 0.1) is 17.3 Å². The van der Waals surface area contributed by atoms with Crippen molar-refractivity contribution >= 4 is 0 Å². The van der Waals surface area contributed by atoms with Gasteiger partial charge in [0, 0.05) is 5.92 Å². The van der Waals surface area contributed by atoms with Gasteiger partial charge in [0.15, 0.2) is 0 Å². The summed E-state index contributed by atoms with van der Waals surface area (Å²) in [5, 5.41) is 21.1. The predicted molar refractivity (Wildman–Crippen MR) is 111 cm³/mol. The second kappa shape index (κ2) is 10.5. The largest absolute Gasteiger partial charge is 0.392 e. The van der Waals surface area contributed by atoms with Crippen LogP contribution < -0.4 is 0 Å². The minimum Gasteiger partial charge on any atom is -0.392 e. The van der Waals surface area contributed by atoms with Gasteiger partial charge in [-0.05, 0) is 56.3 Å². The van der Waals surface area contributed by atoms with Crippen molar-refractivity contribution in [3.63, 3.8) is 0 Å². The third kappa shape index (κ3) is 5.33. The van der Waals surface area contributed by atoms with Gasteiger partial charge in [-0.1, -0.05) is 76.0 Å². The molecule has 2 aliphatic carbocycles. The lowest BCUT2D eigenvalue weighted by atomic mass is 9.62. The molecule has 2 heteroatoms. The molecule has 0 heterocycles. The fraction of sp³-hybridized carbons (Fsp3) is 0.750. The number of aliphatic hydroxyl groups excluding tert-OH is 2. The molecule has 0 aromatic carbocycles. The zero-order valence-corrected chi connectivity index (χ0v) is 17.0. The van der Waals surface area contributed by atoms with Crippen LogP contribution in [-0.2, 0) is 0 Å². The lowest BCUT2D eigenvalue weighted by molar-refractivity contribution is -0.0396. The Morgan fingerprint density at radius 1 is 1.19 bits per heavy atom. The van der Waals surface area contributed by atoms with E-state index in [9.17, 15) is 10.2 Å². The van der Waals surface area contributed by atoms with E-state index in [1.54, 1.807) is 0 Å². The summed E-state index contributed by atoms with van der Waals surface area (Å²) in [6, 6.07) is 0. The summed E-state index contributed by atoms with van der Waals surface area (Å²) in [6.07, 6.45) is 20.2. The Bertz CT molecular complexity index is 486. The summed E-state index contributed by atoms with van der Waals surface area (Å²) in [5.74, 6) is 0.485. The average molecular weight is 361 g/mol. The molecule has 2 rings (SSSR count). The molecule has 0 amide bonds. The predicted octanol–water partition coefficient (Wildman–Crippen LogP) is 5.95. The smallest absolute Gasteiger partial charge is 0.0645 e. The number of allylic oxidation sites excluding steroid dienone is 2. The summed E-state index contributed by atoms with van der Waals surface area (Å²) in [6.45, 7) is 8.63. The molecular weight excluding hydrogens is 320 g/mol. The van der Waals surface area contributed by atoms with Crippen LogP contribution in [0.15, 0.2) is 36.5 Å². The zero-order chi connectivity index (χ0) is 19.0. The van der Waals surface area contributed by atoms with E-state index in [1.807, 2.05) is 0 Å². The summed E-state index contributed by atoms with van der Waals surface area (Å²) in [7, 11) is 0. The van der Waals surface area contributed by atoms with Crippen LogP contribution in [0.25, 0.3) is 0 Å². The average Bonchev–Trinajstić information content (AvgIpc) is 2.84. The summed E-state index contributed by atoms with van der Waals surface area (Å²) >= 11 is 0. The van der Waals surface area contributed by atoms with E-state index in [0.29, 0.717) is 12.3 Å². The Kier molecular flexibility index (Phi) is 8.63. The van der Waals surface area contributed by atoms with Crippen LogP contribution in [0.4, 0.5) is 0 Å². The topological polar surface area (TPSA) is 40.5 Å². The molecule has 0 saturated heterocycles. The van der Waals surface area contributed by atoms with Crippen LogP contribution in [0.3, 0.4) is 0 Å². The van der Waals surface area contributed by atoms with Crippen LogP contribution in [0.5, 0.6) is 0 Å². The van der Waals surface area contributed by atoms with Crippen molar-refractivity contribution < 1.29 is 10.2 Å². The van der Waals surface area contributed by atoms with E-state index in [-0.39, 0.29) is 23.5 Å². The molecule has 0 aromatic heterocycles. The van der Waals surface area contributed by atoms with Gasteiger partial charge in [-0.15, -0.1) is 0 Å². The Hall–Kier alpha value is -0.860. The highest BCUT2D eigenvalue weighted by molar-refractivity contribution is 5.19. The van der Waals surface area contributed by atoms with E-state index >= 15 is 0 Å². The SMILES string of the molecule is C=C1C[C@@H](O)[C@H](/C=C/CC(O)C2(CCC)CCC2)[C@H]1C/C=C\CCCC. The molecule has 0 radical (unpaired) electrons. The van der Waals surface area contributed by atoms with Crippen molar-refractivity contribution in [2.45, 2.75) is 96.7 Å². The van der Waals surface area contributed by atoms with Gasteiger partial charge in [0.05, 0.1) is 12.2 Å². The van der Waals surface area contributed by atoms with Crippen LogP contribution in [0.1, 0.15) is 84.5 Å². The second-order valence-corrected chi connectivity index (χ2v) is 8.61. The molecule has 148 valence electrons. The maximum atomic E-state index is 10.7. The monoisotopic (exact) mass is 360 g/mol. The Labute approximate surface area is 161 Å². The maximum Gasteiger partial charge on any atom is 0.0645 e. The van der Waals surface area contributed by atoms with Gasteiger partial charge < -0.3 is 10.2 Å². The molecule has 0 aromatic rings. The van der Waals surface area contributed by atoms with E-state index in [4.69, 9.17) is 0 Å². The van der Waals surface area contributed by atoms with Crippen molar-refractivity contribution in [1.82, 2.24) is 0 Å². The van der Waals surface area contributed by atoms with Crippen LogP contribution in [0.2, 0.25) is 0 Å². The molecule has 2 N–H and O–H groups in total. The number of hydrogen-bond donors (Lipinski definition) is 2. The highest BCUT2D eigenvalue weighted by atomic mass is 16.3. The Balaban J connectivity index is 1.89. The number of aliphatic hydroxyl groups is 2. The van der Waals surface area contributed by atoms with Gasteiger partial charge in [0.2, 0.25) is 0 Å². The molecule has 2 nitrogen and oxygen atoms in total. The summed E-state index contributed by atoms with van der Waals surface area (Å²) < 4.78 is 0. The number of unbranched alkanes of at least 4 members (excludes halogenated alkanes) is 2. The van der Waals surface area contributed by atoms with Crippen molar-refractivity contribution in [1.29, 1.82) is 0 Å². The van der Waals surface area contributed by atoms with Gasteiger partial charge in [0.1, 0.15) is 0 Å². The van der Waals surface area contributed by atoms with Crippen LogP contribution >= 0.6 is 0 Å². The highest BCUT2D eigenvalue weighted by Crippen LogP contribution is 2.48. The first-order valence-corrected chi connectivity index (χ1v) is 10.9. The van der Waals surface area contributed by atoms with Gasteiger partial charge in [0.25, 0.3) is 0 Å². The second-order valence-electron chi connectivity index (χ2n) is 8.61. The minimum absolute atomic E-state index is 0.147. The van der Waals surface area contributed by atoms with Crippen molar-refractivity contribution in [2.75, 3.05) is 0 Å². The molecule has 4 atom stereocenters. The van der Waals surface area contributed by atoms with Gasteiger partial charge in [-0.3, -0.25) is 0 Å². The van der Waals surface area contributed by atoms with Crippen molar-refractivity contribution in [3.8, 4) is 0 Å². The quantitative estimate of drug-likeness (QED) is 0.353. The Morgan fingerprint density at radius 3 is 2.58 bits per heavy atom. The fourth-order valence-electron chi connectivity index (χ4n) is 4.86. The lowest BCUT2D eigenvalue weighted by Gasteiger charge is -2.45. The highest BCUT2D eigenvalue weighted by Gasteiger charge is 2.42. The summed E-state index contributed by atoms with van der Waals surface area (Å²) in [5.41, 5.74) is 1.34. The third-order valence-electron chi connectivity index (χ3n) is 6.71. The van der Waals surface area contributed by atoms with E-state index < -0.39 is 0 Å².